The summed E-state index contributed by atoms with van der Waals surface area (Å²) in [6.07, 6.45) is 0.845. The highest BCUT2D eigenvalue weighted by molar-refractivity contribution is 6.32. The highest BCUT2D eigenvalue weighted by atomic mass is 35.5. The van der Waals surface area contributed by atoms with Gasteiger partial charge in [-0.15, -0.1) is 0 Å². The molecule has 0 spiro atoms. The number of ether oxygens (including phenoxy) is 3. The van der Waals surface area contributed by atoms with E-state index in [0.29, 0.717) is 57.7 Å². The van der Waals surface area contributed by atoms with Crippen LogP contribution in [-0.2, 0) is 0 Å². The molecule has 4 aromatic rings. The molecule has 0 saturated heterocycles. The second kappa shape index (κ2) is 10.2. The fraction of sp³-hybridized carbons (Fsp3) is 0.241. The van der Waals surface area contributed by atoms with Crippen LogP contribution < -0.4 is 24.5 Å². The summed E-state index contributed by atoms with van der Waals surface area (Å²) < 4.78 is 23.0. The Hall–Kier alpha value is -3.97. The van der Waals surface area contributed by atoms with E-state index in [4.69, 9.17) is 30.2 Å². The summed E-state index contributed by atoms with van der Waals surface area (Å²) in [4.78, 5) is 29.1. The summed E-state index contributed by atoms with van der Waals surface area (Å²) in [6.45, 7) is 4.88. The van der Waals surface area contributed by atoms with Gasteiger partial charge in [-0.3, -0.25) is 14.5 Å². The van der Waals surface area contributed by atoms with E-state index in [1.54, 1.807) is 48.5 Å². The van der Waals surface area contributed by atoms with Crippen LogP contribution in [0.15, 0.2) is 69.9 Å². The molecule has 1 unspecified atom stereocenters. The summed E-state index contributed by atoms with van der Waals surface area (Å²) in [5.41, 5.74) is 1.53. The lowest BCUT2D eigenvalue weighted by Gasteiger charge is -2.26. The van der Waals surface area contributed by atoms with Gasteiger partial charge >= 0.3 is 0 Å². The molecule has 3 aromatic carbocycles. The molecule has 1 aliphatic heterocycles. The second-order valence-corrected chi connectivity index (χ2v) is 8.96. The van der Waals surface area contributed by atoms with E-state index in [1.807, 2.05) is 26.0 Å². The molecular formula is C29H26ClNO6. The molecule has 0 saturated carbocycles. The molecule has 2 heterocycles. The Labute approximate surface area is 219 Å². The SMILES string of the molecule is CCCOc1ccc(C2c3c(oc4ccccc4c3=O)C(=O)N2c2ccc(OC)c(Cl)c2)cc1OCC. The number of anilines is 1. The number of nitrogens with zero attached hydrogens (tertiary/aromatic N) is 1. The number of para-hydroxylation sites is 1. The number of amides is 1. The number of fused-ring (bicyclic) bond motifs is 2. The molecule has 0 aliphatic carbocycles. The highest BCUT2D eigenvalue weighted by Gasteiger charge is 2.44. The molecular weight excluding hydrogens is 494 g/mol. The average molecular weight is 520 g/mol. The van der Waals surface area contributed by atoms with Gasteiger partial charge in [0.15, 0.2) is 16.9 Å². The maximum absolute atomic E-state index is 13.8. The minimum Gasteiger partial charge on any atom is -0.495 e. The van der Waals surface area contributed by atoms with Gasteiger partial charge in [-0.2, -0.15) is 0 Å². The van der Waals surface area contributed by atoms with Crippen LogP contribution >= 0.6 is 11.6 Å². The van der Waals surface area contributed by atoms with Crippen molar-refractivity contribution in [3.05, 3.63) is 92.8 Å². The number of rotatable bonds is 8. The van der Waals surface area contributed by atoms with Crippen molar-refractivity contribution < 1.29 is 23.4 Å². The van der Waals surface area contributed by atoms with Crippen molar-refractivity contribution in [3.8, 4) is 17.2 Å². The number of hydrogen-bond acceptors (Lipinski definition) is 6. The van der Waals surface area contributed by atoms with Gasteiger partial charge in [0.05, 0.1) is 42.3 Å². The zero-order chi connectivity index (χ0) is 26.1. The zero-order valence-electron chi connectivity index (χ0n) is 20.7. The van der Waals surface area contributed by atoms with Crippen molar-refractivity contribution in [2.45, 2.75) is 26.3 Å². The Bertz CT molecular complexity index is 1550. The quantitative estimate of drug-likeness (QED) is 0.268. The number of halogens is 1. The van der Waals surface area contributed by atoms with E-state index in [2.05, 4.69) is 0 Å². The number of methoxy groups -OCH3 is 1. The monoisotopic (exact) mass is 519 g/mol. The van der Waals surface area contributed by atoms with Crippen molar-refractivity contribution in [1.29, 1.82) is 0 Å². The Morgan fingerprint density at radius 2 is 1.73 bits per heavy atom. The molecule has 0 N–H and O–H groups in total. The summed E-state index contributed by atoms with van der Waals surface area (Å²) in [7, 11) is 1.52. The molecule has 0 radical (unpaired) electrons. The standard InChI is InChI=1S/C29H26ClNO6/c1-4-14-36-23-12-10-17(15-24(23)35-5-2)26-25-27(32)19-8-6-7-9-21(19)37-28(25)29(33)31(26)18-11-13-22(34-3)20(30)16-18/h6-13,15-16,26H,4-5,14H2,1-3H3. The first-order chi connectivity index (χ1) is 18.0. The van der Waals surface area contributed by atoms with Gasteiger partial charge in [-0.05, 0) is 61.4 Å². The third-order valence-corrected chi connectivity index (χ3v) is 6.53. The van der Waals surface area contributed by atoms with E-state index in [-0.39, 0.29) is 16.8 Å². The summed E-state index contributed by atoms with van der Waals surface area (Å²) in [6, 6.07) is 16.7. The lowest BCUT2D eigenvalue weighted by Crippen LogP contribution is -2.29. The zero-order valence-corrected chi connectivity index (χ0v) is 21.5. The van der Waals surface area contributed by atoms with Gasteiger partial charge in [0.25, 0.3) is 5.91 Å². The first kappa shape index (κ1) is 24.7. The predicted molar refractivity (Wildman–Crippen MR) is 143 cm³/mol. The molecule has 1 aromatic heterocycles. The highest BCUT2D eigenvalue weighted by Crippen LogP contribution is 2.44. The normalized spacial score (nSPS) is 14.6. The Morgan fingerprint density at radius 3 is 2.46 bits per heavy atom. The van der Waals surface area contributed by atoms with Gasteiger partial charge in [0, 0.05) is 5.69 Å². The molecule has 5 rings (SSSR count). The summed E-state index contributed by atoms with van der Waals surface area (Å²) >= 11 is 6.43. The van der Waals surface area contributed by atoms with Crippen LogP contribution in [-0.4, -0.2) is 26.2 Å². The van der Waals surface area contributed by atoms with Crippen LogP contribution in [0, 0.1) is 0 Å². The Kier molecular flexibility index (Phi) is 6.80. The molecule has 0 fully saturated rings. The van der Waals surface area contributed by atoms with Crippen LogP contribution in [0.3, 0.4) is 0 Å². The third-order valence-electron chi connectivity index (χ3n) is 6.24. The van der Waals surface area contributed by atoms with Crippen LogP contribution in [0.1, 0.15) is 48.0 Å². The van der Waals surface area contributed by atoms with Crippen molar-refractivity contribution in [2.75, 3.05) is 25.2 Å². The van der Waals surface area contributed by atoms with Crippen molar-refractivity contribution in [3.63, 3.8) is 0 Å². The van der Waals surface area contributed by atoms with Crippen LogP contribution in [0.25, 0.3) is 11.0 Å². The van der Waals surface area contributed by atoms with Gasteiger partial charge < -0.3 is 18.6 Å². The molecule has 190 valence electrons. The summed E-state index contributed by atoms with van der Waals surface area (Å²) in [5, 5.41) is 0.742. The van der Waals surface area contributed by atoms with E-state index < -0.39 is 11.9 Å². The lowest BCUT2D eigenvalue weighted by molar-refractivity contribution is 0.0971. The Morgan fingerprint density at radius 1 is 0.946 bits per heavy atom. The minimum absolute atomic E-state index is 0.00455. The van der Waals surface area contributed by atoms with Crippen LogP contribution in [0.5, 0.6) is 17.2 Å². The Balaban J connectivity index is 1.74. The van der Waals surface area contributed by atoms with Gasteiger partial charge in [0.1, 0.15) is 11.3 Å². The predicted octanol–water partition coefficient (Wildman–Crippen LogP) is 6.39. The van der Waals surface area contributed by atoms with Gasteiger partial charge in [-0.1, -0.05) is 36.7 Å². The molecule has 7 nitrogen and oxygen atoms in total. The second-order valence-electron chi connectivity index (χ2n) is 8.55. The first-order valence-electron chi connectivity index (χ1n) is 12.1. The largest absolute Gasteiger partial charge is 0.495 e. The number of carbonyl (C=O) groups is 1. The summed E-state index contributed by atoms with van der Waals surface area (Å²) in [5.74, 6) is 1.18. The van der Waals surface area contributed by atoms with E-state index in [0.717, 1.165) is 6.42 Å². The number of benzene rings is 3. The van der Waals surface area contributed by atoms with Crippen LogP contribution in [0.4, 0.5) is 5.69 Å². The molecule has 8 heteroatoms. The van der Waals surface area contributed by atoms with Gasteiger partial charge in [-0.25, -0.2) is 0 Å². The van der Waals surface area contributed by atoms with Gasteiger partial charge in [0.2, 0.25) is 5.76 Å². The van der Waals surface area contributed by atoms with E-state index >= 15 is 0 Å². The maximum Gasteiger partial charge on any atom is 0.295 e. The lowest BCUT2D eigenvalue weighted by atomic mass is 9.97. The minimum atomic E-state index is -0.771. The third kappa shape index (κ3) is 4.29. The smallest absolute Gasteiger partial charge is 0.295 e. The van der Waals surface area contributed by atoms with Crippen molar-refractivity contribution in [1.82, 2.24) is 0 Å². The fourth-order valence-electron chi connectivity index (χ4n) is 4.60. The van der Waals surface area contributed by atoms with Crippen LogP contribution in [0.2, 0.25) is 5.02 Å². The molecule has 37 heavy (non-hydrogen) atoms. The molecule has 1 aliphatic rings. The average Bonchev–Trinajstić information content (AvgIpc) is 3.20. The van der Waals surface area contributed by atoms with E-state index in [1.165, 1.54) is 12.0 Å². The molecule has 0 bridgehead atoms. The maximum atomic E-state index is 13.8. The number of hydrogen-bond donors (Lipinski definition) is 0. The topological polar surface area (TPSA) is 78.2 Å². The van der Waals surface area contributed by atoms with Crippen molar-refractivity contribution in [2.24, 2.45) is 0 Å². The molecule has 1 atom stereocenters. The van der Waals surface area contributed by atoms with E-state index in [9.17, 15) is 9.59 Å². The first-order valence-corrected chi connectivity index (χ1v) is 12.5. The fourth-order valence-corrected chi connectivity index (χ4v) is 4.85. The number of carbonyl (C=O) groups excluding carboxylic acids is 1. The van der Waals surface area contributed by atoms with Crippen molar-refractivity contribution >= 4 is 34.2 Å². The molecule has 1 amide bonds.